The summed E-state index contributed by atoms with van der Waals surface area (Å²) in [6.07, 6.45) is 7.45. The van der Waals surface area contributed by atoms with Crippen molar-refractivity contribution in [2.45, 2.75) is 44.1 Å². The topological polar surface area (TPSA) is 61.4 Å². The van der Waals surface area contributed by atoms with Crippen molar-refractivity contribution in [1.82, 2.24) is 10.2 Å². The summed E-state index contributed by atoms with van der Waals surface area (Å²) in [5.74, 6) is 2.21. The van der Waals surface area contributed by atoms with Crippen LogP contribution in [0.5, 0.6) is 0 Å². The number of nitrogens with zero attached hydrogens (tertiary/aromatic N) is 1. The van der Waals surface area contributed by atoms with Crippen LogP contribution in [0.15, 0.2) is 18.2 Å². The van der Waals surface area contributed by atoms with Gasteiger partial charge in [-0.1, -0.05) is 23.2 Å². The zero-order valence-corrected chi connectivity index (χ0v) is 17.7. The highest BCUT2D eigenvalue weighted by Crippen LogP contribution is 2.55. The first-order valence-electron chi connectivity index (χ1n) is 10.0. The van der Waals surface area contributed by atoms with Crippen molar-refractivity contribution in [3.8, 4) is 0 Å². The van der Waals surface area contributed by atoms with Crippen LogP contribution < -0.4 is 10.6 Å². The van der Waals surface area contributed by atoms with E-state index in [4.69, 9.17) is 23.2 Å². The fourth-order valence-electron chi connectivity index (χ4n) is 5.92. The number of carbonyl (C=O) groups is 2. The number of hydrogen-bond acceptors (Lipinski definition) is 3. The molecule has 4 saturated carbocycles. The second-order valence-corrected chi connectivity index (χ2v) is 9.91. The van der Waals surface area contributed by atoms with E-state index < -0.39 is 0 Å². The Hall–Kier alpha value is -1.30. The second-order valence-electron chi connectivity index (χ2n) is 9.10. The maximum Gasteiger partial charge on any atom is 0.238 e. The molecule has 0 saturated heterocycles. The third kappa shape index (κ3) is 4.47. The number of rotatable bonds is 6. The van der Waals surface area contributed by atoms with Gasteiger partial charge in [0.2, 0.25) is 11.8 Å². The minimum Gasteiger partial charge on any atom is -0.350 e. The molecule has 1 aromatic rings. The van der Waals surface area contributed by atoms with Gasteiger partial charge in [-0.05, 0) is 81.5 Å². The van der Waals surface area contributed by atoms with Crippen LogP contribution in [0.4, 0.5) is 5.69 Å². The third-order valence-corrected chi connectivity index (χ3v) is 7.21. The number of anilines is 1. The van der Waals surface area contributed by atoms with Crippen LogP contribution in [0.2, 0.25) is 10.0 Å². The van der Waals surface area contributed by atoms with Crippen molar-refractivity contribution in [2.24, 2.45) is 17.8 Å². The molecule has 1 aromatic carbocycles. The first-order chi connectivity index (χ1) is 13.3. The third-order valence-electron chi connectivity index (χ3n) is 6.47. The highest BCUT2D eigenvalue weighted by molar-refractivity contribution is 6.42. The molecule has 4 aliphatic rings. The quantitative estimate of drug-likeness (QED) is 0.727. The van der Waals surface area contributed by atoms with Gasteiger partial charge in [0.05, 0.1) is 23.1 Å². The zero-order valence-electron chi connectivity index (χ0n) is 16.1. The molecule has 28 heavy (non-hydrogen) atoms. The highest BCUT2D eigenvalue weighted by Gasteiger charge is 2.51. The molecule has 0 aliphatic heterocycles. The van der Waals surface area contributed by atoms with E-state index in [0.717, 1.165) is 37.0 Å². The Bertz CT molecular complexity index is 748. The lowest BCUT2D eigenvalue weighted by Gasteiger charge is -2.57. The first kappa shape index (κ1) is 20.0. The number of hydrogen-bond donors (Lipinski definition) is 2. The number of nitrogens with one attached hydrogen (secondary N) is 2. The monoisotopic (exact) mass is 423 g/mol. The maximum absolute atomic E-state index is 12.6. The van der Waals surface area contributed by atoms with E-state index >= 15 is 0 Å². The van der Waals surface area contributed by atoms with E-state index in [1.165, 1.54) is 19.3 Å². The van der Waals surface area contributed by atoms with Crippen molar-refractivity contribution in [2.75, 3.05) is 25.5 Å². The van der Waals surface area contributed by atoms with Crippen LogP contribution in [0.1, 0.15) is 38.5 Å². The molecular weight excluding hydrogens is 397 g/mol. The standard InChI is InChI=1S/C21H27Cl2N3O2/c1-26(11-19(27)24-16-2-3-17(22)18(23)7-16)12-20(28)25-21-8-13-4-14(9-21)6-15(5-13)10-21/h2-3,7,13-15H,4-6,8-12H2,1H3,(H,24,27)(H,25,28). The molecule has 152 valence electrons. The van der Waals surface area contributed by atoms with Crippen LogP contribution in [-0.2, 0) is 9.59 Å². The Morgan fingerprint density at radius 1 is 1.00 bits per heavy atom. The Balaban J connectivity index is 1.26. The fraction of sp³-hybridized carbons (Fsp3) is 0.619. The van der Waals surface area contributed by atoms with Gasteiger partial charge in [-0.3, -0.25) is 14.5 Å². The van der Waals surface area contributed by atoms with Gasteiger partial charge in [0.25, 0.3) is 0 Å². The van der Waals surface area contributed by atoms with Crippen molar-refractivity contribution >= 4 is 40.7 Å². The molecule has 0 atom stereocenters. The molecule has 0 heterocycles. The van der Waals surface area contributed by atoms with Crippen molar-refractivity contribution in [1.29, 1.82) is 0 Å². The van der Waals surface area contributed by atoms with Crippen molar-refractivity contribution in [3.63, 3.8) is 0 Å². The van der Waals surface area contributed by atoms with Crippen LogP contribution in [0.25, 0.3) is 0 Å². The Kier molecular flexibility index (Phi) is 5.60. The van der Waals surface area contributed by atoms with Crippen molar-refractivity contribution in [3.05, 3.63) is 28.2 Å². The molecule has 0 aromatic heterocycles. The molecule has 4 fully saturated rings. The van der Waals surface area contributed by atoms with Gasteiger partial charge in [-0.25, -0.2) is 0 Å². The van der Waals surface area contributed by atoms with E-state index in [1.54, 1.807) is 30.1 Å². The minimum atomic E-state index is -0.191. The Labute approximate surface area is 176 Å². The molecule has 5 nitrogen and oxygen atoms in total. The highest BCUT2D eigenvalue weighted by atomic mass is 35.5. The fourth-order valence-corrected chi connectivity index (χ4v) is 6.22. The van der Waals surface area contributed by atoms with Crippen LogP contribution in [0.3, 0.4) is 0 Å². The maximum atomic E-state index is 12.6. The molecule has 0 unspecified atom stereocenters. The van der Waals surface area contributed by atoms with Gasteiger partial charge in [-0.15, -0.1) is 0 Å². The lowest BCUT2D eigenvalue weighted by atomic mass is 9.53. The molecule has 4 bridgehead atoms. The van der Waals surface area contributed by atoms with E-state index in [9.17, 15) is 9.59 Å². The Morgan fingerprint density at radius 3 is 2.14 bits per heavy atom. The van der Waals surface area contributed by atoms with Crippen LogP contribution in [-0.4, -0.2) is 42.4 Å². The van der Waals surface area contributed by atoms with Crippen LogP contribution in [0, 0.1) is 17.8 Å². The van der Waals surface area contributed by atoms with Gasteiger partial charge in [0.15, 0.2) is 0 Å². The smallest absolute Gasteiger partial charge is 0.238 e. The predicted octanol–water partition coefficient (Wildman–Crippen LogP) is 3.95. The van der Waals surface area contributed by atoms with Crippen LogP contribution >= 0.6 is 23.2 Å². The number of likely N-dealkylation sites (N-methyl/N-ethyl adjacent to an activating group) is 1. The van der Waals surface area contributed by atoms with E-state index in [2.05, 4.69) is 10.6 Å². The van der Waals surface area contributed by atoms with Crippen molar-refractivity contribution < 1.29 is 9.59 Å². The minimum absolute atomic E-state index is 0.00892. The van der Waals surface area contributed by atoms with Gasteiger partial charge in [0, 0.05) is 11.2 Å². The SMILES string of the molecule is CN(CC(=O)Nc1ccc(Cl)c(Cl)c1)CC(=O)NC12CC3CC(CC(C3)C1)C2. The lowest BCUT2D eigenvalue weighted by molar-refractivity contribution is -0.128. The first-order valence-corrected chi connectivity index (χ1v) is 10.8. The average Bonchev–Trinajstić information content (AvgIpc) is 2.55. The molecule has 0 radical (unpaired) electrons. The van der Waals surface area contributed by atoms with E-state index in [0.29, 0.717) is 15.7 Å². The largest absolute Gasteiger partial charge is 0.350 e. The molecule has 4 aliphatic carbocycles. The molecule has 2 amide bonds. The second kappa shape index (κ2) is 7.85. The lowest BCUT2D eigenvalue weighted by Crippen LogP contribution is -2.61. The summed E-state index contributed by atoms with van der Waals surface area (Å²) < 4.78 is 0. The summed E-state index contributed by atoms with van der Waals surface area (Å²) in [7, 11) is 1.79. The molecule has 2 N–H and O–H groups in total. The summed E-state index contributed by atoms with van der Waals surface area (Å²) in [6, 6.07) is 4.95. The number of benzene rings is 1. The summed E-state index contributed by atoms with van der Waals surface area (Å²) in [5, 5.41) is 6.97. The van der Waals surface area contributed by atoms with Gasteiger partial charge >= 0.3 is 0 Å². The summed E-state index contributed by atoms with van der Waals surface area (Å²) in [4.78, 5) is 26.6. The van der Waals surface area contributed by atoms with E-state index in [-0.39, 0.29) is 30.4 Å². The summed E-state index contributed by atoms with van der Waals surface area (Å²) >= 11 is 11.9. The molecular formula is C21H27Cl2N3O2. The zero-order chi connectivity index (χ0) is 19.9. The molecule has 7 heteroatoms. The number of amides is 2. The molecule has 0 spiro atoms. The van der Waals surface area contributed by atoms with E-state index in [1.807, 2.05) is 0 Å². The summed E-state index contributed by atoms with van der Waals surface area (Å²) in [5.41, 5.74) is 0.598. The van der Waals surface area contributed by atoms with Gasteiger partial charge in [0.1, 0.15) is 0 Å². The van der Waals surface area contributed by atoms with Gasteiger partial charge in [-0.2, -0.15) is 0 Å². The number of halogens is 2. The van der Waals surface area contributed by atoms with Gasteiger partial charge < -0.3 is 10.6 Å². The average molecular weight is 424 g/mol. The normalized spacial score (nSPS) is 30.5. The number of carbonyl (C=O) groups excluding carboxylic acids is 2. The predicted molar refractivity (Wildman–Crippen MR) is 112 cm³/mol. The summed E-state index contributed by atoms with van der Waals surface area (Å²) in [6.45, 7) is 0.352. The molecule has 5 rings (SSSR count). The Morgan fingerprint density at radius 2 is 1.57 bits per heavy atom.